The molecule has 16 heteroatoms. The number of amides is 6. The van der Waals surface area contributed by atoms with E-state index in [4.69, 9.17) is 0 Å². The molecule has 0 saturated heterocycles. The quantitative estimate of drug-likeness (QED) is 0.239. The van der Waals surface area contributed by atoms with Crippen LogP contribution in [0, 0.1) is 12.8 Å². The maximum Gasteiger partial charge on any atom is 0.271 e. The van der Waals surface area contributed by atoms with Gasteiger partial charge in [0.1, 0.15) is 22.8 Å². The highest BCUT2D eigenvalue weighted by molar-refractivity contribution is 7.09. The predicted molar refractivity (Wildman–Crippen MR) is 203 cm³/mol. The summed E-state index contributed by atoms with van der Waals surface area (Å²) in [4.78, 5) is 97.5. The van der Waals surface area contributed by atoms with E-state index in [0.717, 1.165) is 22.0 Å². The Hall–Kier alpha value is -5.64. The van der Waals surface area contributed by atoms with Crippen molar-refractivity contribution in [2.75, 3.05) is 40.3 Å². The SMILES string of the molecule is Cc1cncc(C(=O)N2CCN(C)C(=O)[C@H](C)NC(=O)CN(C)C(=O)[C@@H](Cc3c[nH]c4ccccc34)NC(=O)c3csc(n3)[C@H](CC(C)C)NC(=O)C2)c1. The highest BCUT2D eigenvalue weighted by atomic mass is 32.1. The number of aromatic amines is 1. The fourth-order valence-electron chi connectivity index (χ4n) is 6.34. The minimum Gasteiger partial charge on any atom is -0.361 e. The first-order valence-corrected chi connectivity index (χ1v) is 18.7. The molecule has 286 valence electrons. The topological polar surface area (TPSA) is 190 Å². The van der Waals surface area contributed by atoms with Crippen molar-refractivity contribution in [3.05, 3.63) is 81.7 Å². The first-order valence-electron chi connectivity index (χ1n) is 17.8. The summed E-state index contributed by atoms with van der Waals surface area (Å²) in [6.07, 6.45) is 5.45. The van der Waals surface area contributed by atoms with E-state index < -0.39 is 53.6 Å². The van der Waals surface area contributed by atoms with Crippen molar-refractivity contribution < 1.29 is 28.8 Å². The molecular weight excluding hydrogens is 711 g/mol. The van der Waals surface area contributed by atoms with Crippen LogP contribution in [0.4, 0.5) is 0 Å². The van der Waals surface area contributed by atoms with Crippen LogP contribution in [0.3, 0.4) is 0 Å². The largest absolute Gasteiger partial charge is 0.361 e. The van der Waals surface area contributed by atoms with Crippen LogP contribution in [0.15, 0.2) is 54.3 Å². The molecule has 2 bridgehead atoms. The van der Waals surface area contributed by atoms with E-state index >= 15 is 0 Å². The van der Waals surface area contributed by atoms with E-state index in [9.17, 15) is 28.8 Å². The zero-order chi connectivity index (χ0) is 39.1. The van der Waals surface area contributed by atoms with Gasteiger partial charge < -0.3 is 35.6 Å². The molecule has 4 heterocycles. The monoisotopic (exact) mass is 757 g/mol. The number of para-hydroxylation sites is 1. The van der Waals surface area contributed by atoms with Crippen molar-refractivity contribution in [3.63, 3.8) is 0 Å². The summed E-state index contributed by atoms with van der Waals surface area (Å²) < 4.78 is 0. The standard InChI is InChI=1S/C38H47N9O6S/c1-22(2)13-29-35-44-31(21-54-35)34(50)43-30(15-25-18-40-28-10-8-7-9-27(25)28)38(53)46(6)19-32(48)41-24(4)36(51)45(5)11-12-47(20-33(49)42-29)37(52)26-14-23(3)16-39-17-26/h7-10,14,16-18,21-22,24,29-30,40H,11-13,15,19-20H2,1-6H3,(H,41,48)(H,42,49)(H,43,50)/t24-,29-,30+/m0/s1. The molecule has 5 rings (SSSR count). The summed E-state index contributed by atoms with van der Waals surface area (Å²) in [6, 6.07) is 6.66. The third kappa shape index (κ3) is 9.86. The van der Waals surface area contributed by atoms with Crippen LogP contribution < -0.4 is 16.0 Å². The molecule has 1 aliphatic heterocycles. The fraction of sp³-hybridized carbons (Fsp3) is 0.421. The van der Waals surface area contributed by atoms with Crippen molar-refractivity contribution in [1.29, 1.82) is 0 Å². The third-order valence-electron chi connectivity index (χ3n) is 9.13. The predicted octanol–water partition coefficient (Wildman–Crippen LogP) is 2.45. The lowest BCUT2D eigenvalue weighted by Gasteiger charge is -2.28. The van der Waals surface area contributed by atoms with Gasteiger partial charge in [0.25, 0.3) is 11.8 Å². The van der Waals surface area contributed by atoms with Crippen LogP contribution >= 0.6 is 11.3 Å². The molecule has 4 N–H and O–H groups in total. The van der Waals surface area contributed by atoms with Crippen LogP contribution in [0.25, 0.3) is 10.9 Å². The maximum atomic E-state index is 13.9. The Kier molecular flexibility index (Phi) is 12.8. The summed E-state index contributed by atoms with van der Waals surface area (Å²) in [6.45, 7) is 6.70. The molecule has 0 unspecified atom stereocenters. The van der Waals surface area contributed by atoms with Crippen LogP contribution in [-0.4, -0.2) is 117 Å². The van der Waals surface area contributed by atoms with E-state index in [1.807, 2.05) is 38.1 Å². The van der Waals surface area contributed by atoms with Crippen molar-refractivity contribution in [2.45, 2.75) is 58.7 Å². The van der Waals surface area contributed by atoms with Crippen LogP contribution in [0.1, 0.15) is 70.2 Å². The van der Waals surface area contributed by atoms with Gasteiger partial charge in [0, 0.05) is 68.5 Å². The average molecular weight is 758 g/mol. The number of aromatic nitrogens is 3. The van der Waals surface area contributed by atoms with Gasteiger partial charge in [0.15, 0.2) is 0 Å². The molecule has 15 nitrogen and oxygen atoms in total. The van der Waals surface area contributed by atoms with E-state index in [1.54, 1.807) is 37.8 Å². The molecule has 0 spiro atoms. The smallest absolute Gasteiger partial charge is 0.271 e. The molecule has 0 saturated carbocycles. The number of carbonyl (C=O) groups excluding carboxylic acids is 6. The van der Waals surface area contributed by atoms with Gasteiger partial charge in [0.05, 0.1) is 24.7 Å². The van der Waals surface area contributed by atoms with Crippen molar-refractivity contribution in [1.82, 2.24) is 45.6 Å². The number of thiazole rings is 1. The van der Waals surface area contributed by atoms with E-state index in [0.29, 0.717) is 17.0 Å². The van der Waals surface area contributed by atoms with E-state index in [-0.39, 0.29) is 44.2 Å². The summed E-state index contributed by atoms with van der Waals surface area (Å²) in [7, 11) is 3.00. The third-order valence-corrected chi connectivity index (χ3v) is 10.1. The van der Waals surface area contributed by atoms with E-state index in [2.05, 4.69) is 30.9 Å². The summed E-state index contributed by atoms with van der Waals surface area (Å²) in [5.74, 6) is -2.88. The van der Waals surface area contributed by atoms with Crippen molar-refractivity contribution in [2.24, 2.45) is 5.92 Å². The van der Waals surface area contributed by atoms with Gasteiger partial charge in [-0.1, -0.05) is 32.0 Å². The Morgan fingerprint density at radius 1 is 0.926 bits per heavy atom. The van der Waals surface area contributed by atoms with Crippen LogP contribution in [0.2, 0.25) is 0 Å². The minimum absolute atomic E-state index is 0.00851. The summed E-state index contributed by atoms with van der Waals surface area (Å²) in [5.41, 5.74) is 2.79. The fourth-order valence-corrected chi connectivity index (χ4v) is 7.20. The summed E-state index contributed by atoms with van der Waals surface area (Å²) >= 11 is 1.20. The number of nitrogens with zero attached hydrogens (tertiary/aromatic N) is 5. The lowest BCUT2D eigenvalue weighted by molar-refractivity contribution is -0.138. The Bertz CT molecular complexity index is 2030. The van der Waals surface area contributed by atoms with Crippen molar-refractivity contribution in [3.8, 4) is 0 Å². The Balaban J connectivity index is 1.47. The average Bonchev–Trinajstić information content (AvgIpc) is 3.79. The highest BCUT2D eigenvalue weighted by Crippen LogP contribution is 2.25. The second-order valence-electron chi connectivity index (χ2n) is 14.1. The molecule has 3 aromatic heterocycles. The molecule has 4 aromatic rings. The van der Waals surface area contributed by atoms with Crippen molar-refractivity contribution >= 4 is 57.7 Å². The lowest BCUT2D eigenvalue weighted by Crippen LogP contribution is -2.53. The molecule has 3 atom stereocenters. The molecule has 54 heavy (non-hydrogen) atoms. The minimum atomic E-state index is -1.07. The number of benzene rings is 1. The molecule has 6 amide bonds. The summed E-state index contributed by atoms with van der Waals surface area (Å²) in [5, 5.41) is 11.5. The van der Waals surface area contributed by atoms with Gasteiger partial charge in [-0.25, -0.2) is 4.98 Å². The number of hydrogen-bond acceptors (Lipinski definition) is 9. The zero-order valence-electron chi connectivity index (χ0n) is 31.3. The molecular formula is C38H47N9O6S. The number of fused-ring (bicyclic) bond motifs is 3. The normalized spacial score (nSPS) is 20.1. The number of H-pyrrole nitrogens is 1. The number of aryl methyl sites for hydroxylation is 1. The number of nitrogens with one attached hydrogen (secondary N) is 4. The molecule has 1 aromatic carbocycles. The first kappa shape index (κ1) is 39.6. The molecule has 0 aliphatic carbocycles. The Morgan fingerprint density at radius 3 is 2.41 bits per heavy atom. The number of pyridine rings is 1. The Morgan fingerprint density at radius 2 is 1.67 bits per heavy atom. The Labute approximate surface area is 317 Å². The zero-order valence-corrected chi connectivity index (χ0v) is 32.2. The molecule has 1 aliphatic rings. The second kappa shape index (κ2) is 17.5. The maximum absolute atomic E-state index is 13.9. The van der Waals surface area contributed by atoms with Gasteiger partial charge in [-0.3, -0.25) is 33.8 Å². The number of hydrogen-bond donors (Lipinski definition) is 4. The van der Waals surface area contributed by atoms with Crippen LogP contribution in [0.5, 0.6) is 0 Å². The van der Waals surface area contributed by atoms with Gasteiger partial charge in [-0.05, 0) is 49.4 Å². The van der Waals surface area contributed by atoms with Gasteiger partial charge in [-0.2, -0.15) is 0 Å². The molecule has 0 radical (unpaired) electrons. The first-order chi connectivity index (χ1) is 25.7. The number of carbonyl (C=O) groups is 6. The second-order valence-corrected chi connectivity index (χ2v) is 15.0. The van der Waals surface area contributed by atoms with Gasteiger partial charge in [-0.15, -0.1) is 11.3 Å². The number of rotatable bonds is 5. The van der Waals surface area contributed by atoms with E-state index in [1.165, 1.54) is 46.2 Å². The van der Waals surface area contributed by atoms with Gasteiger partial charge >= 0.3 is 0 Å². The molecule has 0 fully saturated rings. The van der Waals surface area contributed by atoms with Gasteiger partial charge in [0.2, 0.25) is 23.6 Å². The highest BCUT2D eigenvalue weighted by Gasteiger charge is 2.31. The van der Waals surface area contributed by atoms with Crippen LogP contribution in [-0.2, 0) is 25.6 Å². The lowest BCUT2D eigenvalue weighted by atomic mass is 10.0. The number of likely N-dealkylation sites (N-methyl/N-ethyl adjacent to an activating group) is 2.